The highest BCUT2D eigenvalue weighted by Gasteiger charge is 2.32. The number of nitrogens with zero attached hydrogens (tertiary/aromatic N) is 2. The third-order valence-corrected chi connectivity index (χ3v) is 1.30. The van der Waals surface area contributed by atoms with Gasteiger partial charge in [0.05, 0.1) is 0 Å². The molecule has 1 atom stereocenters. The van der Waals surface area contributed by atoms with Crippen LogP contribution in [0.4, 0.5) is 0 Å². The number of amides is 1. The molecule has 0 aromatic rings. The van der Waals surface area contributed by atoms with Gasteiger partial charge in [-0.2, -0.15) is 5.11 Å². The van der Waals surface area contributed by atoms with Gasteiger partial charge in [0.1, 0.15) is 5.82 Å². The highest BCUT2D eigenvalue weighted by molar-refractivity contribution is 5.87. The molecule has 10 heavy (non-hydrogen) atoms. The molecular formula is C5H8N4O. The number of rotatable bonds is 1. The van der Waals surface area contributed by atoms with Crippen LogP contribution in [0.1, 0.15) is 6.92 Å². The van der Waals surface area contributed by atoms with Crippen LogP contribution < -0.4 is 11.5 Å². The van der Waals surface area contributed by atoms with Gasteiger partial charge in [-0.15, -0.1) is 5.11 Å². The Bertz CT molecular complexity index is 232. The number of azo groups is 1. The zero-order chi connectivity index (χ0) is 7.78. The van der Waals surface area contributed by atoms with Crippen LogP contribution in [-0.2, 0) is 4.79 Å². The molecule has 0 spiro atoms. The minimum atomic E-state index is -1.02. The molecule has 1 heterocycles. The molecule has 0 aliphatic carbocycles. The molecule has 0 aromatic carbocycles. The summed E-state index contributed by atoms with van der Waals surface area (Å²) >= 11 is 0. The zero-order valence-corrected chi connectivity index (χ0v) is 5.53. The standard InChI is InChI=1S/C5H8N4O/c1-5(4(7)10)2-3(6)8-9-5/h2H,6H2,1H3,(H2,7,10). The van der Waals surface area contributed by atoms with E-state index in [1.54, 1.807) is 6.92 Å². The lowest BCUT2D eigenvalue weighted by molar-refractivity contribution is -0.121. The van der Waals surface area contributed by atoms with E-state index < -0.39 is 11.4 Å². The van der Waals surface area contributed by atoms with Gasteiger partial charge in [-0.3, -0.25) is 4.79 Å². The van der Waals surface area contributed by atoms with Crippen LogP contribution in [0.3, 0.4) is 0 Å². The molecule has 1 aliphatic rings. The SMILES string of the molecule is CC1(C(N)=O)C=C(N)N=N1. The van der Waals surface area contributed by atoms with Crippen molar-refractivity contribution in [2.45, 2.75) is 12.5 Å². The summed E-state index contributed by atoms with van der Waals surface area (Å²) in [5.74, 6) is -0.307. The quantitative estimate of drug-likeness (QED) is 0.513. The normalized spacial score (nSPS) is 30.3. The molecule has 1 aliphatic heterocycles. The first-order chi connectivity index (χ1) is 4.54. The van der Waals surface area contributed by atoms with Gasteiger partial charge in [-0.1, -0.05) is 0 Å². The number of carbonyl (C=O) groups is 1. The summed E-state index contributed by atoms with van der Waals surface area (Å²) in [4.78, 5) is 10.6. The zero-order valence-electron chi connectivity index (χ0n) is 5.53. The van der Waals surface area contributed by atoms with E-state index in [2.05, 4.69) is 10.2 Å². The lowest BCUT2D eigenvalue weighted by Crippen LogP contribution is -2.36. The summed E-state index contributed by atoms with van der Waals surface area (Å²) in [7, 11) is 0. The molecule has 4 N–H and O–H groups in total. The van der Waals surface area contributed by atoms with Crippen LogP contribution in [0.25, 0.3) is 0 Å². The third kappa shape index (κ3) is 0.854. The molecule has 0 radical (unpaired) electrons. The van der Waals surface area contributed by atoms with E-state index in [1.807, 2.05) is 0 Å². The maximum absolute atomic E-state index is 10.6. The first kappa shape index (κ1) is 6.73. The van der Waals surface area contributed by atoms with E-state index in [0.717, 1.165) is 0 Å². The lowest BCUT2D eigenvalue weighted by atomic mass is 10.0. The summed E-state index contributed by atoms with van der Waals surface area (Å²) in [5.41, 5.74) is 9.22. The summed E-state index contributed by atoms with van der Waals surface area (Å²) in [5, 5.41) is 7.05. The van der Waals surface area contributed by atoms with Gasteiger partial charge in [0.2, 0.25) is 0 Å². The van der Waals surface area contributed by atoms with E-state index in [-0.39, 0.29) is 5.82 Å². The Kier molecular flexibility index (Phi) is 1.21. The maximum atomic E-state index is 10.6. The Morgan fingerprint density at radius 3 is 2.60 bits per heavy atom. The molecule has 54 valence electrons. The van der Waals surface area contributed by atoms with Gasteiger partial charge >= 0.3 is 0 Å². The molecule has 0 saturated carbocycles. The Morgan fingerprint density at radius 1 is 1.80 bits per heavy atom. The fourth-order valence-electron chi connectivity index (χ4n) is 0.628. The van der Waals surface area contributed by atoms with E-state index >= 15 is 0 Å². The molecular weight excluding hydrogens is 132 g/mol. The number of carbonyl (C=O) groups excluding carboxylic acids is 1. The van der Waals surface area contributed by atoms with E-state index in [9.17, 15) is 4.79 Å². The molecule has 0 saturated heterocycles. The Hall–Kier alpha value is -1.39. The van der Waals surface area contributed by atoms with E-state index in [1.165, 1.54) is 6.08 Å². The second-order valence-electron chi connectivity index (χ2n) is 2.28. The monoisotopic (exact) mass is 140 g/mol. The van der Waals surface area contributed by atoms with Crippen LogP contribution in [0, 0.1) is 0 Å². The van der Waals surface area contributed by atoms with Crippen LogP contribution >= 0.6 is 0 Å². The predicted octanol–water partition coefficient (Wildman–Crippen LogP) is -0.504. The van der Waals surface area contributed by atoms with Gasteiger partial charge in [0.15, 0.2) is 5.54 Å². The second kappa shape index (κ2) is 1.80. The van der Waals surface area contributed by atoms with Gasteiger partial charge < -0.3 is 11.5 Å². The topological polar surface area (TPSA) is 93.8 Å². The van der Waals surface area contributed by atoms with Crippen molar-refractivity contribution in [3.63, 3.8) is 0 Å². The van der Waals surface area contributed by atoms with Crippen molar-refractivity contribution >= 4 is 5.91 Å². The largest absolute Gasteiger partial charge is 0.382 e. The Balaban J connectivity index is 2.95. The van der Waals surface area contributed by atoms with Crippen LogP contribution in [0.5, 0.6) is 0 Å². The summed E-state index contributed by atoms with van der Waals surface area (Å²) in [6.45, 7) is 1.55. The highest BCUT2D eigenvalue weighted by Crippen LogP contribution is 2.19. The minimum absolute atomic E-state index is 0.237. The molecule has 0 aromatic heterocycles. The number of hydrogen-bond acceptors (Lipinski definition) is 4. The van der Waals surface area contributed by atoms with Gasteiger partial charge in [-0.25, -0.2) is 0 Å². The lowest BCUT2D eigenvalue weighted by Gasteiger charge is -2.08. The van der Waals surface area contributed by atoms with E-state index in [0.29, 0.717) is 0 Å². The fourth-order valence-corrected chi connectivity index (χ4v) is 0.628. The van der Waals surface area contributed by atoms with Gasteiger partial charge in [-0.05, 0) is 13.0 Å². The summed E-state index contributed by atoms with van der Waals surface area (Å²) in [6, 6.07) is 0. The number of primary amides is 1. The van der Waals surface area contributed by atoms with Crippen molar-refractivity contribution in [2.24, 2.45) is 21.7 Å². The Morgan fingerprint density at radius 2 is 2.40 bits per heavy atom. The smallest absolute Gasteiger partial charge is 0.251 e. The van der Waals surface area contributed by atoms with Crippen molar-refractivity contribution in [3.05, 3.63) is 11.9 Å². The Labute approximate surface area is 57.8 Å². The average molecular weight is 140 g/mol. The molecule has 0 fully saturated rings. The maximum Gasteiger partial charge on any atom is 0.251 e. The summed E-state index contributed by atoms with van der Waals surface area (Å²) in [6.07, 6.45) is 1.43. The van der Waals surface area contributed by atoms with Crippen LogP contribution in [0.15, 0.2) is 22.1 Å². The first-order valence-corrected chi connectivity index (χ1v) is 2.76. The summed E-state index contributed by atoms with van der Waals surface area (Å²) < 4.78 is 0. The van der Waals surface area contributed by atoms with Gasteiger partial charge in [0.25, 0.3) is 5.91 Å². The molecule has 0 bridgehead atoms. The second-order valence-corrected chi connectivity index (χ2v) is 2.28. The molecule has 5 nitrogen and oxygen atoms in total. The fraction of sp³-hybridized carbons (Fsp3) is 0.400. The van der Waals surface area contributed by atoms with Crippen molar-refractivity contribution in [3.8, 4) is 0 Å². The van der Waals surface area contributed by atoms with Crippen molar-refractivity contribution in [1.29, 1.82) is 0 Å². The molecule has 1 amide bonds. The average Bonchev–Trinajstić information content (AvgIpc) is 2.13. The minimum Gasteiger partial charge on any atom is -0.382 e. The van der Waals surface area contributed by atoms with E-state index in [4.69, 9.17) is 11.5 Å². The van der Waals surface area contributed by atoms with Crippen LogP contribution in [0.2, 0.25) is 0 Å². The number of nitrogens with two attached hydrogens (primary N) is 2. The first-order valence-electron chi connectivity index (χ1n) is 2.76. The molecule has 5 heteroatoms. The van der Waals surface area contributed by atoms with Gasteiger partial charge in [0, 0.05) is 0 Å². The van der Waals surface area contributed by atoms with Crippen molar-refractivity contribution in [1.82, 2.24) is 0 Å². The third-order valence-electron chi connectivity index (χ3n) is 1.30. The predicted molar refractivity (Wildman–Crippen MR) is 34.7 cm³/mol. The van der Waals surface area contributed by atoms with Crippen molar-refractivity contribution in [2.75, 3.05) is 0 Å². The van der Waals surface area contributed by atoms with Crippen molar-refractivity contribution < 1.29 is 4.79 Å². The molecule has 1 rings (SSSR count). The molecule has 1 unspecified atom stereocenters. The highest BCUT2D eigenvalue weighted by atomic mass is 16.1. The number of hydrogen-bond donors (Lipinski definition) is 2. The van der Waals surface area contributed by atoms with Crippen LogP contribution in [-0.4, -0.2) is 11.4 Å².